The summed E-state index contributed by atoms with van der Waals surface area (Å²) in [6.45, 7) is 2.52. The average Bonchev–Trinajstić information content (AvgIpc) is 3.51. The number of nitro benzene ring substituents is 1. The van der Waals surface area contributed by atoms with E-state index in [2.05, 4.69) is 21.2 Å². The first-order valence-corrected chi connectivity index (χ1v) is 16.4. The van der Waals surface area contributed by atoms with E-state index in [1.54, 1.807) is 19.1 Å². The van der Waals surface area contributed by atoms with Crippen LogP contribution in [0.2, 0.25) is 0 Å². The van der Waals surface area contributed by atoms with Crippen molar-refractivity contribution in [3.63, 3.8) is 0 Å². The molecule has 3 aromatic carbocycles. The van der Waals surface area contributed by atoms with Crippen molar-refractivity contribution in [2.45, 2.75) is 63.1 Å². The number of anilines is 1. The minimum Gasteiger partial charge on any atom is -0.497 e. The molecule has 4 rings (SSSR count). The van der Waals surface area contributed by atoms with E-state index in [1.165, 1.54) is 43.2 Å². The Morgan fingerprint density at radius 1 is 1.09 bits per heavy atom. The summed E-state index contributed by atoms with van der Waals surface area (Å²) in [5.74, 6) is -0.481. The molecule has 0 spiro atoms. The number of hydrogen-bond donors (Lipinski definition) is 1. The van der Waals surface area contributed by atoms with Crippen LogP contribution in [0.25, 0.3) is 0 Å². The van der Waals surface area contributed by atoms with Crippen LogP contribution in [0.15, 0.2) is 76.1 Å². The maximum Gasteiger partial charge on any atom is 0.273 e. The number of sulfonamides is 1. The maximum absolute atomic E-state index is 14.1. The SMILES string of the molecule is COc1ccc(N(CC(=O)N(Cc2cccc(Br)c2)[C@@H](C)C(=O)NC2CCCC2)S(=O)(=O)c2ccc(C)c([N+](=O)[O-])c2)cc1. The van der Waals surface area contributed by atoms with E-state index in [9.17, 15) is 28.1 Å². The number of amides is 2. The first-order valence-electron chi connectivity index (χ1n) is 14.2. The molecule has 1 aliphatic rings. The molecule has 0 aromatic heterocycles. The highest BCUT2D eigenvalue weighted by molar-refractivity contribution is 9.10. The molecule has 0 bridgehead atoms. The molecule has 1 fully saturated rings. The minimum absolute atomic E-state index is 0.0290. The van der Waals surface area contributed by atoms with Crippen molar-refractivity contribution >= 4 is 49.1 Å². The molecule has 0 unspecified atom stereocenters. The molecule has 11 nitrogen and oxygen atoms in total. The Hall–Kier alpha value is -3.97. The summed E-state index contributed by atoms with van der Waals surface area (Å²) >= 11 is 3.44. The second-order valence-corrected chi connectivity index (χ2v) is 13.5. The number of carbonyl (C=O) groups is 2. The highest BCUT2D eigenvalue weighted by atomic mass is 79.9. The molecule has 3 aromatic rings. The molecule has 0 saturated heterocycles. The van der Waals surface area contributed by atoms with E-state index < -0.39 is 33.4 Å². The van der Waals surface area contributed by atoms with E-state index in [4.69, 9.17) is 4.74 Å². The van der Waals surface area contributed by atoms with E-state index in [0.29, 0.717) is 11.3 Å². The topological polar surface area (TPSA) is 139 Å². The number of rotatable bonds is 12. The van der Waals surface area contributed by atoms with Gasteiger partial charge in [0.1, 0.15) is 18.3 Å². The van der Waals surface area contributed by atoms with Crippen LogP contribution in [0.1, 0.15) is 43.7 Å². The molecule has 1 aliphatic carbocycles. The van der Waals surface area contributed by atoms with E-state index in [0.717, 1.165) is 46.1 Å². The lowest BCUT2D eigenvalue weighted by molar-refractivity contribution is -0.385. The summed E-state index contributed by atoms with van der Waals surface area (Å²) < 4.78 is 35.1. The van der Waals surface area contributed by atoms with Crippen LogP contribution in [0.4, 0.5) is 11.4 Å². The Bertz CT molecular complexity index is 1630. The smallest absolute Gasteiger partial charge is 0.273 e. The lowest BCUT2D eigenvalue weighted by Gasteiger charge is -2.32. The van der Waals surface area contributed by atoms with Crippen LogP contribution >= 0.6 is 15.9 Å². The summed E-state index contributed by atoms with van der Waals surface area (Å²) in [5, 5.41) is 14.7. The summed E-state index contributed by atoms with van der Waals surface area (Å²) in [5.41, 5.74) is 0.818. The monoisotopic (exact) mass is 686 g/mol. The third kappa shape index (κ3) is 7.75. The number of nitrogens with one attached hydrogen (secondary N) is 1. The first-order chi connectivity index (χ1) is 20.9. The van der Waals surface area contributed by atoms with Gasteiger partial charge in [0.15, 0.2) is 0 Å². The van der Waals surface area contributed by atoms with Crippen LogP contribution in [0.5, 0.6) is 5.75 Å². The second kappa shape index (κ2) is 14.2. The Morgan fingerprint density at radius 2 is 1.77 bits per heavy atom. The Kier molecular flexibility index (Phi) is 10.6. The van der Waals surface area contributed by atoms with Gasteiger partial charge in [-0.1, -0.05) is 47.0 Å². The largest absolute Gasteiger partial charge is 0.497 e. The van der Waals surface area contributed by atoms with Gasteiger partial charge in [0.05, 0.1) is 22.6 Å². The van der Waals surface area contributed by atoms with Gasteiger partial charge in [-0.05, 0) is 74.7 Å². The predicted octanol–water partition coefficient (Wildman–Crippen LogP) is 5.35. The standard InChI is InChI=1S/C31H35BrN4O7S/c1-21-11-16-28(18-29(21)36(39)40)44(41,42)35(26-12-14-27(43-3)15-13-26)20-30(37)34(19-23-7-6-8-24(32)17-23)22(2)31(38)33-25-9-4-5-10-25/h6-8,11-18,22,25H,4-5,9-10,19-20H2,1-3H3,(H,33,38)/t22-/m0/s1. The maximum atomic E-state index is 14.1. The Morgan fingerprint density at radius 3 is 2.39 bits per heavy atom. The van der Waals surface area contributed by atoms with Gasteiger partial charge in [-0.15, -0.1) is 0 Å². The quantitative estimate of drug-likeness (QED) is 0.200. The summed E-state index contributed by atoms with van der Waals surface area (Å²) in [6.07, 6.45) is 3.77. The van der Waals surface area contributed by atoms with Crippen LogP contribution in [0, 0.1) is 17.0 Å². The zero-order chi connectivity index (χ0) is 32.0. The Balaban J connectivity index is 1.73. The van der Waals surface area contributed by atoms with Crippen molar-refractivity contribution in [1.82, 2.24) is 10.2 Å². The summed E-state index contributed by atoms with van der Waals surface area (Å²) in [7, 11) is -3.02. The number of benzene rings is 3. The fourth-order valence-electron chi connectivity index (χ4n) is 5.16. The third-order valence-corrected chi connectivity index (χ3v) is 9.98. The summed E-state index contributed by atoms with van der Waals surface area (Å²) in [6, 6.07) is 16.1. The molecule has 0 radical (unpaired) electrons. The number of hydrogen-bond acceptors (Lipinski definition) is 7. The van der Waals surface area contributed by atoms with E-state index in [-0.39, 0.29) is 34.8 Å². The number of ether oxygens (including phenoxy) is 1. The van der Waals surface area contributed by atoms with E-state index >= 15 is 0 Å². The number of methoxy groups -OCH3 is 1. The first kappa shape index (κ1) is 32.9. The number of nitro groups is 1. The van der Waals surface area contributed by atoms with Gasteiger partial charge in [-0.3, -0.25) is 24.0 Å². The fourth-order valence-corrected chi connectivity index (χ4v) is 7.04. The molecule has 44 heavy (non-hydrogen) atoms. The lowest BCUT2D eigenvalue weighted by atomic mass is 10.1. The molecule has 2 amide bonds. The molecular formula is C31H35BrN4O7S. The number of aryl methyl sites for hydroxylation is 1. The third-order valence-electron chi connectivity index (χ3n) is 7.72. The Labute approximate surface area is 265 Å². The van der Waals surface area contributed by atoms with Crippen LogP contribution in [0.3, 0.4) is 0 Å². The van der Waals surface area contributed by atoms with Crippen LogP contribution in [-0.2, 0) is 26.2 Å². The normalized spacial score (nSPS) is 14.1. The zero-order valence-corrected chi connectivity index (χ0v) is 27.1. The zero-order valence-electron chi connectivity index (χ0n) is 24.7. The summed E-state index contributed by atoms with van der Waals surface area (Å²) in [4.78, 5) is 39.5. The van der Waals surface area contributed by atoms with E-state index in [1.807, 2.05) is 24.3 Å². The van der Waals surface area contributed by atoms with Crippen molar-refractivity contribution in [2.24, 2.45) is 0 Å². The second-order valence-electron chi connectivity index (χ2n) is 10.7. The predicted molar refractivity (Wildman–Crippen MR) is 170 cm³/mol. The van der Waals surface area contributed by atoms with Crippen LogP contribution in [-0.4, -0.2) is 55.8 Å². The van der Waals surface area contributed by atoms with Crippen molar-refractivity contribution < 1.29 is 27.7 Å². The number of halogens is 1. The fraction of sp³-hybridized carbons (Fsp3) is 0.355. The van der Waals surface area contributed by atoms with Gasteiger partial charge in [0.25, 0.3) is 15.7 Å². The van der Waals surface area contributed by atoms with Crippen molar-refractivity contribution in [3.8, 4) is 5.75 Å². The van der Waals surface area contributed by atoms with Crippen LogP contribution < -0.4 is 14.4 Å². The lowest BCUT2D eigenvalue weighted by Crippen LogP contribution is -2.52. The van der Waals surface area contributed by atoms with Gasteiger partial charge >= 0.3 is 0 Å². The molecule has 234 valence electrons. The van der Waals surface area contributed by atoms with Gasteiger partial charge in [-0.25, -0.2) is 8.42 Å². The van der Waals surface area contributed by atoms with Gasteiger partial charge in [0.2, 0.25) is 11.8 Å². The molecule has 0 heterocycles. The molecular weight excluding hydrogens is 652 g/mol. The van der Waals surface area contributed by atoms with Crippen molar-refractivity contribution in [1.29, 1.82) is 0 Å². The van der Waals surface area contributed by atoms with Gasteiger partial charge in [-0.2, -0.15) is 0 Å². The van der Waals surface area contributed by atoms with Crippen molar-refractivity contribution in [2.75, 3.05) is 18.0 Å². The minimum atomic E-state index is -4.49. The molecule has 1 atom stereocenters. The number of nitrogens with zero attached hydrogens (tertiary/aromatic N) is 3. The van der Waals surface area contributed by atoms with Gasteiger partial charge in [0, 0.05) is 28.7 Å². The molecule has 1 saturated carbocycles. The average molecular weight is 688 g/mol. The molecule has 13 heteroatoms. The highest BCUT2D eigenvalue weighted by Crippen LogP contribution is 2.30. The molecule has 0 aliphatic heterocycles. The van der Waals surface area contributed by atoms with Crippen molar-refractivity contribution in [3.05, 3.63) is 92.4 Å². The van der Waals surface area contributed by atoms with Gasteiger partial charge < -0.3 is 15.0 Å². The highest BCUT2D eigenvalue weighted by Gasteiger charge is 2.34. The number of carbonyl (C=O) groups excluding carboxylic acids is 2. The molecule has 1 N–H and O–H groups in total.